The smallest absolute Gasteiger partial charge is 0.242 e. The SMILES string of the molecule is CC(C)[C@H](NC(=O)CCc1nc(Cl)n[nH]1)c1nccn1C. The minimum atomic E-state index is -0.115. The molecule has 0 bridgehead atoms. The summed E-state index contributed by atoms with van der Waals surface area (Å²) in [5.74, 6) is 1.65. The summed E-state index contributed by atoms with van der Waals surface area (Å²) in [7, 11) is 1.92. The minimum Gasteiger partial charge on any atom is -0.346 e. The monoisotopic (exact) mass is 310 g/mol. The number of carbonyl (C=O) groups is 1. The molecule has 0 saturated heterocycles. The zero-order chi connectivity index (χ0) is 15.4. The van der Waals surface area contributed by atoms with Crippen molar-refractivity contribution < 1.29 is 4.79 Å². The summed E-state index contributed by atoms with van der Waals surface area (Å²) in [6.07, 6.45) is 4.39. The Balaban J connectivity index is 1.94. The molecule has 0 aliphatic rings. The number of H-pyrrole nitrogens is 1. The van der Waals surface area contributed by atoms with E-state index in [2.05, 4.69) is 39.3 Å². The molecule has 2 aromatic heterocycles. The van der Waals surface area contributed by atoms with E-state index in [0.29, 0.717) is 18.7 Å². The lowest BCUT2D eigenvalue weighted by molar-refractivity contribution is -0.122. The van der Waals surface area contributed by atoms with Crippen LogP contribution in [0, 0.1) is 5.92 Å². The third-order valence-corrected chi connectivity index (χ3v) is 3.38. The summed E-state index contributed by atoms with van der Waals surface area (Å²) < 4.78 is 1.92. The topological polar surface area (TPSA) is 88.5 Å². The van der Waals surface area contributed by atoms with Crippen molar-refractivity contribution in [3.8, 4) is 0 Å². The molecule has 0 unspecified atom stereocenters. The first-order valence-electron chi connectivity index (χ1n) is 6.80. The number of hydrogen-bond donors (Lipinski definition) is 2. The van der Waals surface area contributed by atoms with E-state index in [1.165, 1.54) is 0 Å². The van der Waals surface area contributed by atoms with E-state index in [1.54, 1.807) is 6.20 Å². The number of carbonyl (C=O) groups excluding carboxylic acids is 1. The third-order valence-electron chi connectivity index (χ3n) is 3.21. The van der Waals surface area contributed by atoms with E-state index in [-0.39, 0.29) is 23.2 Å². The minimum absolute atomic E-state index is 0.0516. The van der Waals surface area contributed by atoms with Crippen molar-refractivity contribution in [1.82, 2.24) is 30.0 Å². The Kier molecular flexibility index (Phi) is 4.95. The lowest BCUT2D eigenvalue weighted by Crippen LogP contribution is -2.33. The second-order valence-corrected chi connectivity index (χ2v) is 5.57. The Bertz CT molecular complexity index is 605. The number of aryl methyl sites for hydroxylation is 2. The Labute approximate surface area is 128 Å². The van der Waals surface area contributed by atoms with Crippen LogP contribution in [0.2, 0.25) is 5.28 Å². The molecule has 21 heavy (non-hydrogen) atoms. The van der Waals surface area contributed by atoms with Gasteiger partial charge in [-0.25, -0.2) is 9.97 Å². The first kappa shape index (κ1) is 15.5. The van der Waals surface area contributed by atoms with Gasteiger partial charge in [0.15, 0.2) is 0 Å². The molecule has 1 amide bonds. The number of hydrogen-bond acceptors (Lipinski definition) is 4. The van der Waals surface area contributed by atoms with Crippen LogP contribution in [0.15, 0.2) is 12.4 Å². The third kappa shape index (κ3) is 4.04. The van der Waals surface area contributed by atoms with Crippen molar-refractivity contribution in [2.75, 3.05) is 0 Å². The fourth-order valence-corrected chi connectivity index (χ4v) is 2.21. The maximum absolute atomic E-state index is 12.1. The van der Waals surface area contributed by atoms with Gasteiger partial charge in [0.25, 0.3) is 0 Å². The highest BCUT2D eigenvalue weighted by Gasteiger charge is 2.21. The van der Waals surface area contributed by atoms with Crippen molar-refractivity contribution >= 4 is 17.5 Å². The highest BCUT2D eigenvalue weighted by Crippen LogP contribution is 2.19. The van der Waals surface area contributed by atoms with Gasteiger partial charge in [-0.3, -0.25) is 9.89 Å². The van der Waals surface area contributed by atoms with Crippen molar-refractivity contribution in [2.45, 2.75) is 32.7 Å². The van der Waals surface area contributed by atoms with Crippen molar-refractivity contribution in [3.05, 3.63) is 29.3 Å². The number of nitrogens with zero attached hydrogens (tertiary/aromatic N) is 4. The van der Waals surface area contributed by atoms with E-state index in [9.17, 15) is 4.79 Å². The van der Waals surface area contributed by atoms with E-state index in [0.717, 1.165) is 5.82 Å². The average Bonchev–Trinajstić information content (AvgIpc) is 3.02. The van der Waals surface area contributed by atoms with Gasteiger partial charge < -0.3 is 9.88 Å². The van der Waals surface area contributed by atoms with E-state index in [4.69, 9.17) is 11.6 Å². The van der Waals surface area contributed by atoms with Gasteiger partial charge in [-0.15, -0.1) is 5.10 Å². The highest BCUT2D eigenvalue weighted by molar-refractivity contribution is 6.28. The Hall–Kier alpha value is -1.89. The summed E-state index contributed by atoms with van der Waals surface area (Å²) >= 11 is 5.62. The zero-order valence-electron chi connectivity index (χ0n) is 12.3. The van der Waals surface area contributed by atoms with Crippen LogP contribution in [0.5, 0.6) is 0 Å². The van der Waals surface area contributed by atoms with Crippen molar-refractivity contribution in [2.24, 2.45) is 13.0 Å². The predicted octanol–water partition coefficient (Wildman–Crippen LogP) is 1.64. The Morgan fingerprint density at radius 3 is 2.81 bits per heavy atom. The first-order chi connectivity index (χ1) is 9.97. The second kappa shape index (κ2) is 6.71. The molecule has 0 aromatic carbocycles. The quantitative estimate of drug-likeness (QED) is 0.849. The van der Waals surface area contributed by atoms with Crippen LogP contribution in [-0.4, -0.2) is 30.6 Å². The summed E-state index contributed by atoms with van der Waals surface area (Å²) in [4.78, 5) is 20.4. The molecule has 0 saturated carbocycles. The molecule has 1 atom stereocenters. The molecule has 2 N–H and O–H groups in total. The largest absolute Gasteiger partial charge is 0.346 e. The lowest BCUT2D eigenvalue weighted by atomic mass is 10.0. The zero-order valence-corrected chi connectivity index (χ0v) is 13.1. The number of aromatic nitrogens is 5. The molecule has 2 heterocycles. The van der Waals surface area contributed by atoms with Crippen molar-refractivity contribution in [3.63, 3.8) is 0 Å². The number of amides is 1. The Morgan fingerprint density at radius 2 is 2.29 bits per heavy atom. The van der Waals surface area contributed by atoms with Crippen LogP contribution in [0.3, 0.4) is 0 Å². The van der Waals surface area contributed by atoms with Crippen LogP contribution in [0.25, 0.3) is 0 Å². The van der Waals surface area contributed by atoms with Gasteiger partial charge in [-0.2, -0.15) is 0 Å². The molecule has 0 fully saturated rings. The highest BCUT2D eigenvalue weighted by atomic mass is 35.5. The molecule has 7 nitrogen and oxygen atoms in total. The molecule has 0 spiro atoms. The van der Waals surface area contributed by atoms with Crippen LogP contribution in [0.1, 0.15) is 38.0 Å². The van der Waals surface area contributed by atoms with Crippen LogP contribution in [0.4, 0.5) is 0 Å². The predicted molar refractivity (Wildman–Crippen MR) is 78.6 cm³/mol. The molecular weight excluding hydrogens is 292 g/mol. The molecule has 2 rings (SSSR count). The fourth-order valence-electron chi connectivity index (χ4n) is 2.07. The second-order valence-electron chi connectivity index (χ2n) is 5.24. The summed E-state index contributed by atoms with van der Waals surface area (Å²) in [6.45, 7) is 4.10. The summed E-state index contributed by atoms with van der Waals surface area (Å²) in [5, 5.41) is 9.59. The summed E-state index contributed by atoms with van der Waals surface area (Å²) in [5.41, 5.74) is 0. The molecule has 0 radical (unpaired) electrons. The fraction of sp³-hybridized carbons (Fsp3) is 0.538. The Morgan fingerprint density at radius 1 is 1.52 bits per heavy atom. The van der Waals surface area contributed by atoms with Crippen molar-refractivity contribution in [1.29, 1.82) is 0 Å². The number of aromatic amines is 1. The van der Waals surface area contributed by atoms with Crippen LogP contribution >= 0.6 is 11.6 Å². The molecule has 114 valence electrons. The number of nitrogens with one attached hydrogen (secondary N) is 2. The number of imidazole rings is 1. The van der Waals surface area contributed by atoms with Gasteiger partial charge in [0, 0.05) is 32.3 Å². The molecule has 0 aliphatic heterocycles. The van der Waals surface area contributed by atoms with Gasteiger partial charge in [0.1, 0.15) is 11.6 Å². The van der Waals surface area contributed by atoms with Gasteiger partial charge in [-0.1, -0.05) is 13.8 Å². The van der Waals surface area contributed by atoms with E-state index in [1.807, 2.05) is 17.8 Å². The van der Waals surface area contributed by atoms with Crippen LogP contribution < -0.4 is 5.32 Å². The molecular formula is C13H19ClN6O. The van der Waals surface area contributed by atoms with Crippen LogP contribution in [-0.2, 0) is 18.3 Å². The molecule has 0 aliphatic carbocycles. The summed E-state index contributed by atoms with van der Waals surface area (Å²) in [6, 6.07) is -0.115. The molecule has 2 aromatic rings. The maximum Gasteiger partial charge on any atom is 0.242 e. The van der Waals surface area contributed by atoms with E-state index < -0.39 is 0 Å². The van der Waals surface area contributed by atoms with Gasteiger partial charge >= 0.3 is 0 Å². The number of rotatable bonds is 6. The van der Waals surface area contributed by atoms with Gasteiger partial charge in [0.05, 0.1) is 6.04 Å². The average molecular weight is 311 g/mol. The van der Waals surface area contributed by atoms with Gasteiger partial charge in [0.2, 0.25) is 11.2 Å². The van der Waals surface area contributed by atoms with E-state index >= 15 is 0 Å². The lowest BCUT2D eigenvalue weighted by Gasteiger charge is -2.22. The standard InChI is InChI=1S/C13H19ClN6O/c1-8(2)11(12-15-6-7-20(12)3)17-10(21)5-4-9-16-13(14)19-18-9/h6-8,11H,4-5H2,1-3H3,(H,17,21)(H,16,18,19)/t11-/m0/s1. The molecule has 8 heteroatoms. The maximum atomic E-state index is 12.1. The first-order valence-corrected chi connectivity index (χ1v) is 7.18. The number of halogens is 1. The normalized spacial score (nSPS) is 12.6. The van der Waals surface area contributed by atoms with Gasteiger partial charge in [-0.05, 0) is 17.5 Å².